The number of carboxylic acids is 1. The topological polar surface area (TPSA) is 202 Å². The highest BCUT2D eigenvalue weighted by atomic mass is 32.2. The zero-order valence-electron chi connectivity index (χ0n) is 20.5. The number of carboxylic acid groups (broad SMARTS) is 1. The molecule has 4 rings (SSSR count). The number of unbranched alkanes of at least 4 members (excludes halogenated alkanes) is 3. The highest BCUT2D eigenvalue weighted by molar-refractivity contribution is 8.01. The number of fused-ring (bicyclic) bond motifs is 1. The first-order chi connectivity index (χ1) is 18.3. The van der Waals surface area contributed by atoms with Crippen LogP contribution in [0.3, 0.4) is 0 Å². The van der Waals surface area contributed by atoms with Crippen molar-refractivity contribution in [1.82, 2.24) is 35.4 Å². The van der Waals surface area contributed by atoms with Crippen molar-refractivity contribution in [1.29, 1.82) is 0 Å². The number of nitrogens with zero attached hydrogens (tertiary/aromatic N) is 7. The van der Waals surface area contributed by atoms with Gasteiger partial charge in [-0.2, -0.15) is 0 Å². The number of aromatic nitrogens is 5. The molecule has 14 nitrogen and oxygen atoms in total. The van der Waals surface area contributed by atoms with Crippen molar-refractivity contribution in [2.24, 2.45) is 5.16 Å². The van der Waals surface area contributed by atoms with E-state index >= 15 is 0 Å². The van der Waals surface area contributed by atoms with Gasteiger partial charge in [-0.3, -0.25) is 14.5 Å². The number of amides is 2. The molecular weight excluding hydrogens is 534 g/mol. The van der Waals surface area contributed by atoms with Crippen molar-refractivity contribution in [3.63, 3.8) is 0 Å². The number of thioether (sulfide) groups is 2. The van der Waals surface area contributed by atoms with Crippen LogP contribution in [-0.4, -0.2) is 86.8 Å². The Kier molecular flexibility index (Phi) is 8.83. The number of nitrogen functional groups attached to an aromatic ring is 1. The highest BCUT2D eigenvalue weighted by Gasteiger charge is 2.54. The maximum absolute atomic E-state index is 13.0. The third kappa shape index (κ3) is 5.75. The van der Waals surface area contributed by atoms with Crippen LogP contribution in [-0.2, 0) is 20.9 Å². The molecule has 0 aromatic carbocycles. The van der Waals surface area contributed by atoms with E-state index in [9.17, 15) is 24.7 Å². The van der Waals surface area contributed by atoms with E-state index in [0.29, 0.717) is 28.8 Å². The zero-order chi connectivity index (χ0) is 27.2. The predicted molar refractivity (Wildman–Crippen MR) is 139 cm³/mol. The lowest BCUT2D eigenvalue weighted by Crippen LogP contribution is -2.71. The van der Waals surface area contributed by atoms with Crippen molar-refractivity contribution in [3.05, 3.63) is 35.2 Å². The number of nitrogens with one attached hydrogen (secondary N) is 1. The Morgan fingerprint density at radius 2 is 2.13 bits per heavy atom. The minimum Gasteiger partial charge on any atom is -0.477 e. The number of hydrogen-bond acceptors (Lipinski definition) is 12. The summed E-state index contributed by atoms with van der Waals surface area (Å²) in [6.45, 7) is 2.81. The summed E-state index contributed by atoms with van der Waals surface area (Å²) >= 11 is 2.65. The Morgan fingerprint density at radius 1 is 1.32 bits per heavy atom. The van der Waals surface area contributed by atoms with Gasteiger partial charge in [0.05, 0.1) is 0 Å². The number of carbonyl (C=O) groups excluding carboxylic acids is 2. The SMILES string of the molecule is CCCCCCn1nnnc1SCC1=C(C(=O)O)N2C(=O)C(NC(=O)C(=NO)c3cccc(N)n3)[C@H]2SC1. The third-order valence-electron chi connectivity index (χ3n) is 5.96. The van der Waals surface area contributed by atoms with Gasteiger partial charge in [0.2, 0.25) is 5.16 Å². The summed E-state index contributed by atoms with van der Waals surface area (Å²) in [4.78, 5) is 43.0. The molecule has 16 heteroatoms. The minimum atomic E-state index is -1.23. The van der Waals surface area contributed by atoms with Crippen LogP contribution in [0.25, 0.3) is 0 Å². The van der Waals surface area contributed by atoms with Crippen LogP contribution in [0, 0.1) is 0 Å². The van der Waals surface area contributed by atoms with Crippen LogP contribution < -0.4 is 11.1 Å². The van der Waals surface area contributed by atoms with Crippen LogP contribution in [0.1, 0.15) is 38.3 Å². The van der Waals surface area contributed by atoms with Crippen molar-refractivity contribution < 1.29 is 24.7 Å². The summed E-state index contributed by atoms with van der Waals surface area (Å²) in [6.07, 6.45) is 4.27. The Hall–Kier alpha value is -3.66. The first-order valence-electron chi connectivity index (χ1n) is 11.9. The van der Waals surface area contributed by atoms with Gasteiger partial charge < -0.3 is 21.4 Å². The van der Waals surface area contributed by atoms with Gasteiger partial charge in [0.1, 0.15) is 28.6 Å². The molecule has 0 radical (unpaired) electrons. The molecule has 202 valence electrons. The highest BCUT2D eigenvalue weighted by Crippen LogP contribution is 2.41. The summed E-state index contributed by atoms with van der Waals surface area (Å²) in [7, 11) is 0. The summed E-state index contributed by atoms with van der Waals surface area (Å²) in [6, 6.07) is 3.49. The van der Waals surface area contributed by atoms with E-state index in [4.69, 9.17) is 5.73 Å². The number of carbonyl (C=O) groups is 3. The average Bonchev–Trinajstić information content (AvgIpc) is 3.35. The lowest BCUT2D eigenvalue weighted by molar-refractivity contribution is -0.150. The summed E-state index contributed by atoms with van der Waals surface area (Å²) < 4.78 is 1.70. The molecule has 2 aliphatic rings. The number of oxime groups is 1. The standard InChI is InChI=1S/C22H27N9O5S2/c1-2-3-4-5-9-30-22(26-28-29-30)38-11-12-10-37-20-16(19(33)31(20)17(12)21(34)35)25-18(32)15(27-36)13-7-6-8-14(23)24-13/h6-8,16,20,36H,2-5,9-11H2,1H3,(H2,23,24)(H,25,32)(H,34,35)/t16?,20-/m1/s1. The van der Waals surface area contributed by atoms with Crippen molar-refractivity contribution in [2.75, 3.05) is 17.2 Å². The van der Waals surface area contributed by atoms with Gasteiger partial charge in [-0.15, -0.1) is 16.9 Å². The van der Waals surface area contributed by atoms with E-state index < -0.39 is 34.9 Å². The van der Waals surface area contributed by atoms with E-state index in [1.54, 1.807) is 4.68 Å². The number of aliphatic carboxylic acids is 1. The number of β-lactam (4-membered cyclic amide) rings is 1. The van der Waals surface area contributed by atoms with Crippen molar-refractivity contribution in [2.45, 2.75) is 55.7 Å². The second-order valence-corrected chi connectivity index (χ2v) is 10.6. The molecule has 2 amide bonds. The van der Waals surface area contributed by atoms with E-state index in [-0.39, 0.29) is 17.2 Å². The number of hydrogen-bond donors (Lipinski definition) is 4. The monoisotopic (exact) mass is 561 g/mol. The fourth-order valence-corrected chi connectivity index (χ4v) is 6.47. The van der Waals surface area contributed by atoms with Gasteiger partial charge in [0.15, 0.2) is 5.71 Å². The maximum Gasteiger partial charge on any atom is 0.352 e. The molecule has 5 N–H and O–H groups in total. The molecule has 0 bridgehead atoms. The lowest BCUT2D eigenvalue weighted by atomic mass is 10.0. The fourth-order valence-electron chi connectivity index (χ4n) is 4.08. The Labute approximate surface area is 226 Å². The smallest absolute Gasteiger partial charge is 0.352 e. The van der Waals surface area contributed by atoms with Gasteiger partial charge in [-0.25, -0.2) is 14.5 Å². The van der Waals surface area contributed by atoms with Gasteiger partial charge in [0.25, 0.3) is 11.8 Å². The van der Waals surface area contributed by atoms with Gasteiger partial charge >= 0.3 is 5.97 Å². The molecule has 2 aromatic heterocycles. The molecule has 0 spiro atoms. The van der Waals surface area contributed by atoms with Crippen LogP contribution in [0.15, 0.2) is 39.8 Å². The molecule has 1 fully saturated rings. The van der Waals surface area contributed by atoms with Crippen LogP contribution in [0.5, 0.6) is 0 Å². The van der Waals surface area contributed by atoms with E-state index in [1.165, 1.54) is 46.6 Å². The molecule has 2 aliphatic heterocycles. The fraction of sp³-hybridized carbons (Fsp3) is 0.455. The average molecular weight is 562 g/mol. The van der Waals surface area contributed by atoms with Gasteiger partial charge in [0, 0.05) is 18.1 Å². The molecular formula is C22H27N9O5S2. The summed E-state index contributed by atoms with van der Waals surface area (Å²) in [5.41, 5.74) is 5.71. The molecule has 2 aromatic rings. The van der Waals surface area contributed by atoms with Gasteiger partial charge in [-0.1, -0.05) is 49.2 Å². The first-order valence-corrected chi connectivity index (χ1v) is 13.9. The maximum atomic E-state index is 13.0. The molecule has 4 heterocycles. The Morgan fingerprint density at radius 3 is 2.84 bits per heavy atom. The zero-order valence-corrected chi connectivity index (χ0v) is 22.1. The number of pyridine rings is 1. The van der Waals surface area contributed by atoms with Crippen LogP contribution >= 0.6 is 23.5 Å². The number of nitrogens with two attached hydrogens (primary N) is 1. The molecule has 0 saturated carbocycles. The lowest BCUT2D eigenvalue weighted by Gasteiger charge is -2.49. The second kappa shape index (κ2) is 12.3. The number of tetrazole rings is 1. The van der Waals surface area contributed by atoms with Crippen LogP contribution in [0.4, 0.5) is 5.82 Å². The number of aryl methyl sites for hydroxylation is 1. The quantitative estimate of drug-likeness (QED) is 0.0714. The van der Waals surface area contributed by atoms with E-state index in [0.717, 1.165) is 25.7 Å². The normalized spacial score (nSPS) is 19.2. The number of anilines is 1. The molecule has 1 saturated heterocycles. The van der Waals surface area contributed by atoms with Crippen molar-refractivity contribution in [3.8, 4) is 0 Å². The summed E-state index contributed by atoms with van der Waals surface area (Å²) in [5.74, 6) is -1.89. The molecule has 2 atom stereocenters. The Balaban J connectivity index is 1.42. The molecule has 1 unspecified atom stereocenters. The third-order valence-corrected chi connectivity index (χ3v) is 8.35. The predicted octanol–water partition coefficient (Wildman–Crippen LogP) is 0.940. The molecule has 0 aliphatic carbocycles. The Bertz CT molecular complexity index is 1280. The number of rotatable bonds is 12. The summed E-state index contributed by atoms with van der Waals surface area (Å²) in [5, 5.41) is 36.6. The van der Waals surface area contributed by atoms with E-state index in [2.05, 4.69) is 37.9 Å². The molecule has 38 heavy (non-hydrogen) atoms. The van der Waals surface area contributed by atoms with Gasteiger partial charge in [-0.05, 0) is 34.6 Å². The minimum absolute atomic E-state index is 0.0306. The van der Waals surface area contributed by atoms with Crippen molar-refractivity contribution >= 4 is 52.8 Å². The largest absolute Gasteiger partial charge is 0.477 e. The van der Waals surface area contributed by atoms with E-state index in [1.807, 2.05) is 0 Å². The second-order valence-electron chi connectivity index (χ2n) is 8.55. The first kappa shape index (κ1) is 27.4. The van der Waals surface area contributed by atoms with Crippen LogP contribution in [0.2, 0.25) is 0 Å².